The molecule has 0 amide bonds. The van der Waals surface area contributed by atoms with Crippen molar-refractivity contribution in [3.8, 4) is 0 Å². The molecule has 1 aromatic carbocycles. The van der Waals surface area contributed by atoms with Gasteiger partial charge in [0.15, 0.2) is 0 Å². The molecule has 0 heterocycles. The molecule has 1 nitrogen and oxygen atoms in total. The molecule has 0 fully saturated rings. The summed E-state index contributed by atoms with van der Waals surface area (Å²) < 4.78 is 13.8. The molecule has 1 rings (SSSR count). The van der Waals surface area contributed by atoms with Gasteiger partial charge in [0.25, 0.3) is 0 Å². The van der Waals surface area contributed by atoms with Gasteiger partial charge < -0.3 is 5.32 Å². The Kier molecular flexibility index (Phi) is 4.78. The third-order valence-electron chi connectivity index (χ3n) is 3.15. The van der Waals surface area contributed by atoms with Crippen molar-refractivity contribution in [1.82, 2.24) is 0 Å². The fourth-order valence-electron chi connectivity index (χ4n) is 1.54. The van der Waals surface area contributed by atoms with Crippen LogP contribution in [0, 0.1) is 18.7 Å². The van der Waals surface area contributed by atoms with E-state index >= 15 is 0 Å². The van der Waals surface area contributed by atoms with Crippen molar-refractivity contribution in [2.24, 2.45) is 5.92 Å². The van der Waals surface area contributed by atoms with Gasteiger partial charge in [0, 0.05) is 11.7 Å². The molecule has 2 unspecified atom stereocenters. The molecule has 1 N–H and O–H groups in total. The summed E-state index contributed by atoms with van der Waals surface area (Å²) in [6.45, 7) is 8.47. The first-order valence-corrected chi connectivity index (χ1v) is 6.47. The van der Waals surface area contributed by atoms with E-state index < -0.39 is 0 Å². The molecule has 0 aliphatic rings. The van der Waals surface area contributed by atoms with Gasteiger partial charge in [-0.1, -0.05) is 20.3 Å². The maximum atomic E-state index is 13.2. The lowest BCUT2D eigenvalue weighted by atomic mass is 10.0. The van der Waals surface area contributed by atoms with Crippen molar-refractivity contribution in [2.75, 3.05) is 5.32 Å². The number of hydrogen-bond acceptors (Lipinski definition) is 1. The summed E-state index contributed by atoms with van der Waals surface area (Å²) in [6.07, 6.45) is 1.13. The summed E-state index contributed by atoms with van der Waals surface area (Å²) in [5, 5.41) is 3.43. The zero-order chi connectivity index (χ0) is 12.3. The van der Waals surface area contributed by atoms with Crippen LogP contribution in [0.4, 0.5) is 10.1 Å². The number of aryl methyl sites for hydroxylation is 1. The first kappa shape index (κ1) is 13.5. The van der Waals surface area contributed by atoms with Crippen LogP contribution in [0.2, 0.25) is 0 Å². The molecule has 2 atom stereocenters. The average molecular weight is 288 g/mol. The molecule has 0 aliphatic heterocycles. The molecular weight excluding hydrogens is 269 g/mol. The van der Waals surface area contributed by atoms with E-state index in [4.69, 9.17) is 0 Å². The highest BCUT2D eigenvalue weighted by atomic mass is 79.9. The molecule has 3 heteroatoms. The molecule has 0 saturated heterocycles. The van der Waals surface area contributed by atoms with Crippen LogP contribution in [0.5, 0.6) is 0 Å². The minimum absolute atomic E-state index is 0.209. The summed E-state index contributed by atoms with van der Waals surface area (Å²) in [5.74, 6) is 0.391. The number of benzene rings is 1. The van der Waals surface area contributed by atoms with Crippen molar-refractivity contribution in [3.05, 3.63) is 28.0 Å². The number of halogens is 2. The predicted molar refractivity (Wildman–Crippen MR) is 71.4 cm³/mol. The van der Waals surface area contributed by atoms with Gasteiger partial charge in [-0.05, 0) is 53.4 Å². The van der Waals surface area contributed by atoms with Gasteiger partial charge in [0.1, 0.15) is 5.82 Å². The van der Waals surface area contributed by atoms with Crippen LogP contribution < -0.4 is 5.32 Å². The van der Waals surface area contributed by atoms with Crippen molar-refractivity contribution in [2.45, 2.75) is 40.2 Å². The van der Waals surface area contributed by atoms with Crippen molar-refractivity contribution in [1.29, 1.82) is 0 Å². The third kappa shape index (κ3) is 3.21. The number of anilines is 1. The van der Waals surface area contributed by atoms with E-state index in [0.717, 1.165) is 17.7 Å². The highest BCUT2D eigenvalue weighted by Gasteiger charge is 2.12. The second-order valence-corrected chi connectivity index (χ2v) is 5.25. The predicted octanol–water partition coefficient (Wildman–Crippen LogP) is 4.74. The lowest BCUT2D eigenvalue weighted by Crippen LogP contribution is -2.23. The fourth-order valence-corrected chi connectivity index (χ4v) is 1.89. The molecule has 0 radical (unpaired) electrons. The SMILES string of the molecule is CCC(C)C(C)Nc1cc(Br)c(F)cc1C. The monoisotopic (exact) mass is 287 g/mol. The molecule has 16 heavy (non-hydrogen) atoms. The third-order valence-corrected chi connectivity index (χ3v) is 3.76. The standard InChI is InChI=1S/C13H19BrFN/c1-5-8(2)10(4)16-13-7-11(14)12(15)6-9(13)3/h6-8,10,16H,5H2,1-4H3. The highest BCUT2D eigenvalue weighted by molar-refractivity contribution is 9.10. The van der Waals surface area contributed by atoms with E-state index in [2.05, 4.69) is 42.0 Å². The lowest BCUT2D eigenvalue weighted by Gasteiger charge is -2.22. The molecule has 0 bridgehead atoms. The highest BCUT2D eigenvalue weighted by Crippen LogP contribution is 2.25. The summed E-state index contributed by atoms with van der Waals surface area (Å²) in [7, 11) is 0. The Hall–Kier alpha value is -0.570. The van der Waals surface area contributed by atoms with Crippen LogP contribution in [0.3, 0.4) is 0 Å². The topological polar surface area (TPSA) is 12.0 Å². The Morgan fingerprint density at radius 2 is 2.00 bits per heavy atom. The zero-order valence-corrected chi connectivity index (χ0v) is 11.9. The van der Waals surface area contributed by atoms with Gasteiger partial charge in [-0.3, -0.25) is 0 Å². The number of rotatable bonds is 4. The van der Waals surface area contributed by atoms with Crippen LogP contribution in [0.15, 0.2) is 16.6 Å². The fraction of sp³-hybridized carbons (Fsp3) is 0.538. The quantitative estimate of drug-likeness (QED) is 0.843. The Morgan fingerprint density at radius 3 is 2.56 bits per heavy atom. The van der Waals surface area contributed by atoms with E-state index in [-0.39, 0.29) is 5.82 Å². The minimum atomic E-state index is -0.209. The number of nitrogens with one attached hydrogen (secondary N) is 1. The Bertz CT molecular complexity index is 365. The molecule has 90 valence electrons. The molecule has 0 saturated carbocycles. The van der Waals surface area contributed by atoms with Crippen molar-refractivity contribution < 1.29 is 4.39 Å². The maximum Gasteiger partial charge on any atom is 0.137 e. The largest absolute Gasteiger partial charge is 0.382 e. The Morgan fingerprint density at radius 1 is 1.38 bits per heavy atom. The van der Waals surface area contributed by atoms with Crippen LogP contribution in [-0.2, 0) is 0 Å². The van der Waals surface area contributed by atoms with Crippen molar-refractivity contribution >= 4 is 21.6 Å². The smallest absolute Gasteiger partial charge is 0.137 e. The molecular formula is C13H19BrFN. The van der Waals surface area contributed by atoms with Crippen molar-refractivity contribution in [3.63, 3.8) is 0 Å². The zero-order valence-electron chi connectivity index (χ0n) is 10.3. The lowest BCUT2D eigenvalue weighted by molar-refractivity contribution is 0.494. The van der Waals surface area contributed by atoms with Gasteiger partial charge in [0.2, 0.25) is 0 Å². The van der Waals surface area contributed by atoms with Gasteiger partial charge in [-0.2, -0.15) is 0 Å². The second kappa shape index (κ2) is 5.67. The van der Waals surface area contributed by atoms with Gasteiger partial charge in [-0.25, -0.2) is 4.39 Å². The maximum absolute atomic E-state index is 13.2. The molecule has 0 spiro atoms. The first-order chi connectivity index (χ1) is 7.45. The van der Waals surface area contributed by atoms with Gasteiger partial charge in [0.05, 0.1) is 4.47 Å². The van der Waals surface area contributed by atoms with Crippen LogP contribution >= 0.6 is 15.9 Å². The van der Waals surface area contributed by atoms with E-state index in [0.29, 0.717) is 16.4 Å². The van der Waals surface area contributed by atoms with E-state index in [1.54, 1.807) is 6.07 Å². The van der Waals surface area contributed by atoms with Gasteiger partial charge >= 0.3 is 0 Å². The number of hydrogen-bond donors (Lipinski definition) is 1. The van der Waals surface area contributed by atoms with E-state index in [9.17, 15) is 4.39 Å². The van der Waals surface area contributed by atoms with Crippen LogP contribution in [0.25, 0.3) is 0 Å². The Balaban J connectivity index is 2.85. The second-order valence-electron chi connectivity index (χ2n) is 4.40. The average Bonchev–Trinajstić information content (AvgIpc) is 2.24. The molecule has 0 aromatic heterocycles. The van der Waals surface area contributed by atoms with E-state index in [1.807, 2.05) is 13.0 Å². The first-order valence-electron chi connectivity index (χ1n) is 5.67. The Labute approximate surface area is 106 Å². The summed E-state index contributed by atoms with van der Waals surface area (Å²) in [6, 6.07) is 3.75. The summed E-state index contributed by atoms with van der Waals surface area (Å²) in [5.41, 5.74) is 1.94. The summed E-state index contributed by atoms with van der Waals surface area (Å²) in [4.78, 5) is 0. The van der Waals surface area contributed by atoms with Gasteiger partial charge in [-0.15, -0.1) is 0 Å². The van der Waals surface area contributed by atoms with Crippen LogP contribution in [-0.4, -0.2) is 6.04 Å². The van der Waals surface area contributed by atoms with E-state index in [1.165, 1.54) is 0 Å². The molecule has 0 aliphatic carbocycles. The summed E-state index contributed by atoms with van der Waals surface area (Å²) >= 11 is 3.21. The minimum Gasteiger partial charge on any atom is -0.382 e. The molecule has 1 aromatic rings. The normalized spacial score (nSPS) is 14.6. The van der Waals surface area contributed by atoms with Crippen LogP contribution in [0.1, 0.15) is 32.8 Å².